The molecule has 0 aliphatic heterocycles. The first kappa shape index (κ1) is 18.0. The maximum absolute atomic E-state index is 12.6. The lowest BCUT2D eigenvalue weighted by Crippen LogP contribution is -2.25. The Kier molecular flexibility index (Phi) is 5.94. The van der Waals surface area contributed by atoms with Crippen molar-refractivity contribution in [3.8, 4) is 11.3 Å². The van der Waals surface area contributed by atoms with Crippen LogP contribution in [0.2, 0.25) is 0 Å². The van der Waals surface area contributed by atoms with Crippen LogP contribution >= 0.6 is 0 Å². The highest BCUT2D eigenvalue weighted by molar-refractivity contribution is 6.06. The molecule has 0 atom stereocenters. The molecule has 0 bridgehead atoms. The van der Waals surface area contributed by atoms with Crippen LogP contribution in [0.5, 0.6) is 0 Å². The molecule has 1 aromatic carbocycles. The number of hydrogen-bond acceptors (Lipinski definition) is 5. The fraction of sp³-hybridized carbons (Fsp3) is 0.400. The third-order valence-electron chi connectivity index (χ3n) is 4.50. The molecule has 6 nitrogen and oxygen atoms in total. The molecule has 0 radical (unpaired) electrons. The highest BCUT2D eigenvalue weighted by atomic mass is 16.5. The lowest BCUT2D eigenvalue weighted by atomic mass is 10.1. The van der Waals surface area contributed by atoms with Crippen LogP contribution in [-0.2, 0) is 0 Å². The molecule has 0 aliphatic rings. The molecule has 0 saturated heterocycles. The van der Waals surface area contributed by atoms with Gasteiger partial charge in [0.25, 0.3) is 5.91 Å². The Morgan fingerprint density at radius 3 is 2.77 bits per heavy atom. The average Bonchev–Trinajstić information content (AvgIpc) is 3.24. The van der Waals surface area contributed by atoms with Gasteiger partial charge in [0.1, 0.15) is 23.1 Å². The first-order chi connectivity index (χ1) is 12.7. The second-order valence-electron chi connectivity index (χ2n) is 6.44. The van der Waals surface area contributed by atoms with Crippen molar-refractivity contribution in [1.82, 2.24) is 10.5 Å². The normalized spacial score (nSPS) is 11.1. The van der Waals surface area contributed by atoms with Crippen molar-refractivity contribution >= 4 is 22.8 Å². The van der Waals surface area contributed by atoms with E-state index in [2.05, 4.69) is 17.4 Å². The predicted molar refractivity (Wildman–Crippen MR) is 102 cm³/mol. The summed E-state index contributed by atoms with van der Waals surface area (Å²) in [6.07, 6.45) is 8.59. The Morgan fingerprint density at radius 2 is 1.92 bits per heavy atom. The second-order valence-corrected chi connectivity index (χ2v) is 6.44. The van der Waals surface area contributed by atoms with Gasteiger partial charge in [-0.2, -0.15) is 0 Å². The van der Waals surface area contributed by atoms with Crippen LogP contribution in [0.25, 0.3) is 22.2 Å². The molecule has 6 heteroatoms. The van der Waals surface area contributed by atoms with Crippen LogP contribution < -0.4 is 11.1 Å². The smallest absolute Gasteiger partial charge is 0.259 e. The molecule has 26 heavy (non-hydrogen) atoms. The summed E-state index contributed by atoms with van der Waals surface area (Å²) in [4.78, 5) is 12.6. The minimum atomic E-state index is -0.266. The van der Waals surface area contributed by atoms with Crippen molar-refractivity contribution in [3.63, 3.8) is 0 Å². The van der Waals surface area contributed by atoms with Crippen molar-refractivity contribution in [1.29, 1.82) is 0 Å². The van der Waals surface area contributed by atoms with Crippen LogP contribution in [0, 0.1) is 0 Å². The molecule has 2 heterocycles. The average molecular weight is 355 g/mol. The summed E-state index contributed by atoms with van der Waals surface area (Å²) >= 11 is 0. The number of nitrogens with two attached hydrogens (primary N) is 1. The summed E-state index contributed by atoms with van der Waals surface area (Å²) < 4.78 is 10.6. The van der Waals surface area contributed by atoms with Gasteiger partial charge >= 0.3 is 0 Å². The van der Waals surface area contributed by atoms with Crippen molar-refractivity contribution in [2.75, 3.05) is 12.3 Å². The summed E-state index contributed by atoms with van der Waals surface area (Å²) in [5, 5.41) is 7.77. The lowest BCUT2D eigenvalue weighted by molar-refractivity contribution is 0.0954. The van der Waals surface area contributed by atoms with E-state index in [1.165, 1.54) is 25.7 Å². The van der Waals surface area contributed by atoms with E-state index in [1.54, 1.807) is 6.26 Å². The number of fused-ring (bicyclic) bond motifs is 1. The molecule has 0 spiro atoms. The molecule has 0 unspecified atom stereocenters. The van der Waals surface area contributed by atoms with Gasteiger partial charge < -0.3 is 20.0 Å². The second kappa shape index (κ2) is 8.56. The number of carbonyl (C=O) groups excluding carboxylic acids is 1. The summed E-state index contributed by atoms with van der Waals surface area (Å²) in [5.74, 6) is -0.247. The third-order valence-corrected chi connectivity index (χ3v) is 4.50. The largest absolute Gasteiger partial charge is 0.464 e. The number of amides is 1. The Balaban J connectivity index is 1.67. The van der Waals surface area contributed by atoms with E-state index in [4.69, 9.17) is 14.7 Å². The van der Waals surface area contributed by atoms with E-state index >= 15 is 0 Å². The predicted octanol–water partition coefficient (Wildman–Crippen LogP) is 4.76. The molecule has 2 aromatic heterocycles. The van der Waals surface area contributed by atoms with Gasteiger partial charge in [-0.1, -0.05) is 62.4 Å². The molecule has 0 aliphatic carbocycles. The van der Waals surface area contributed by atoms with Gasteiger partial charge in [0.15, 0.2) is 0 Å². The zero-order chi connectivity index (χ0) is 18.4. The zero-order valence-electron chi connectivity index (χ0n) is 15.1. The number of carbonyl (C=O) groups is 1. The Morgan fingerprint density at radius 1 is 1.15 bits per heavy atom. The van der Waals surface area contributed by atoms with Gasteiger partial charge in [0.05, 0.1) is 5.56 Å². The van der Waals surface area contributed by atoms with Gasteiger partial charge in [0, 0.05) is 11.9 Å². The van der Waals surface area contributed by atoms with Gasteiger partial charge in [-0.3, -0.25) is 4.79 Å². The zero-order valence-corrected chi connectivity index (χ0v) is 15.1. The Bertz CT molecular complexity index is 866. The fourth-order valence-corrected chi connectivity index (χ4v) is 3.06. The molecule has 138 valence electrons. The van der Waals surface area contributed by atoms with Crippen molar-refractivity contribution in [2.45, 2.75) is 45.4 Å². The maximum Gasteiger partial charge on any atom is 0.259 e. The topological polar surface area (TPSA) is 94.3 Å². The van der Waals surface area contributed by atoms with Gasteiger partial charge in [-0.25, -0.2) is 0 Å². The highest BCUT2D eigenvalue weighted by Crippen LogP contribution is 2.34. The molecule has 1 amide bonds. The van der Waals surface area contributed by atoms with Crippen LogP contribution in [0.15, 0.2) is 39.5 Å². The summed E-state index contributed by atoms with van der Waals surface area (Å²) in [6.45, 7) is 2.81. The monoisotopic (exact) mass is 355 g/mol. The number of benzene rings is 1. The molecule has 0 fully saturated rings. The van der Waals surface area contributed by atoms with Crippen LogP contribution in [0.3, 0.4) is 0 Å². The molecule has 0 saturated carbocycles. The Hall–Kier alpha value is -2.76. The number of para-hydroxylation sites is 1. The number of aromatic nitrogens is 1. The first-order valence-electron chi connectivity index (χ1n) is 9.22. The van der Waals surface area contributed by atoms with E-state index in [1.807, 2.05) is 24.3 Å². The van der Waals surface area contributed by atoms with E-state index < -0.39 is 0 Å². The maximum atomic E-state index is 12.6. The number of unbranched alkanes of at least 4 members (excludes halogenated alkanes) is 5. The molecule has 3 aromatic rings. The SMILES string of the molecule is CCCCCCCCNC(=O)c1c(-c2coc3ccccc23)noc1N. The lowest BCUT2D eigenvalue weighted by Gasteiger charge is -2.05. The van der Waals surface area contributed by atoms with Crippen LogP contribution in [-0.4, -0.2) is 17.6 Å². The number of hydrogen-bond donors (Lipinski definition) is 2. The quantitative estimate of drug-likeness (QED) is 0.540. The summed E-state index contributed by atoms with van der Waals surface area (Å²) in [5.41, 5.74) is 7.96. The molecule has 3 N–H and O–H groups in total. The van der Waals surface area contributed by atoms with E-state index in [0.29, 0.717) is 17.8 Å². The van der Waals surface area contributed by atoms with Crippen molar-refractivity contribution in [3.05, 3.63) is 36.1 Å². The van der Waals surface area contributed by atoms with Crippen LogP contribution in [0.1, 0.15) is 55.8 Å². The number of furan rings is 1. The minimum absolute atomic E-state index is 0.0192. The third kappa shape index (κ3) is 3.90. The summed E-state index contributed by atoms with van der Waals surface area (Å²) in [7, 11) is 0. The van der Waals surface area contributed by atoms with E-state index in [-0.39, 0.29) is 17.4 Å². The standard InChI is InChI=1S/C20H25N3O3/c1-2-3-4-5-6-9-12-22-20(24)17-18(23-26-19(17)21)15-13-25-16-11-8-7-10-14(15)16/h7-8,10-11,13H,2-6,9,12,21H2,1H3,(H,22,24). The molecular weight excluding hydrogens is 330 g/mol. The van der Waals surface area contributed by atoms with Gasteiger partial charge in [-0.15, -0.1) is 0 Å². The molecular formula is C20H25N3O3. The number of nitrogen functional groups attached to an aromatic ring is 1. The Labute approximate surface area is 152 Å². The summed E-state index contributed by atoms with van der Waals surface area (Å²) in [6, 6.07) is 7.57. The van der Waals surface area contributed by atoms with Crippen molar-refractivity contribution < 1.29 is 13.7 Å². The number of rotatable bonds is 9. The van der Waals surface area contributed by atoms with E-state index in [9.17, 15) is 4.79 Å². The van der Waals surface area contributed by atoms with Gasteiger partial charge in [-0.05, 0) is 12.5 Å². The number of nitrogens with one attached hydrogen (secondary N) is 1. The van der Waals surface area contributed by atoms with E-state index in [0.717, 1.165) is 23.8 Å². The van der Waals surface area contributed by atoms with Crippen molar-refractivity contribution in [2.24, 2.45) is 0 Å². The fourth-order valence-electron chi connectivity index (χ4n) is 3.06. The van der Waals surface area contributed by atoms with Gasteiger partial charge in [0.2, 0.25) is 5.88 Å². The van der Waals surface area contributed by atoms with Crippen LogP contribution in [0.4, 0.5) is 5.88 Å². The first-order valence-corrected chi connectivity index (χ1v) is 9.22. The minimum Gasteiger partial charge on any atom is -0.464 e. The molecule has 3 rings (SSSR count). The number of nitrogens with zero attached hydrogens (tertiary/aromatic N) is 1. The highest BCUT2D eigenvalue weighted by Gasteiger charge is 2.24. The number of anilines is 1.